The summed E-state index contributed by atoms with van der Waals surface area (Å²) in [6, 6.07) is 7.18. The van der Waals surface area contributed by atoms with Crippen LogP contribution in [0.1, 0.15) is 58.6 Å². The van der Waals surface area contributed by atoms with Crippen LogP contribution in [0, 0.1) is 5.82 Å². The predicted molar refractivity (Wildman–Crippen MR) is 123 cm³/mol. The predicted octanol–water partition coefficient (Wildman–Crippen LogP) is 4.79. The molecule has 1 amide bonds. The number of rotatable bonds is 6. The number of aryl methyl sites for hydroxylation is 1. The van der Waals surface area contributed by atoms with Gasteiger partial charge in [-0.1, -0.05) is 6.07 Å². The Balaban J connectivity index is 1.57. The van der Waals surface area contributed by atoms with Crippen molar-refractivity contribution in [3.63, 3.8) is 0 Å². The van der Waals surface area contributed by atoms with Crippen LogP contribution in [0.4, 0.5) is 9.18 Å². The van der Waals surface area contributed by atoms with Crippen molar-refractivity contribution in [2.75, 3.05) is 26.8 Å². The molecule has 0 saturated carbocycles. The van der Waals surface area contributed by atoms with Crippen molar-refractivity contribution in [2.24, 2.45) is 0 Å². The topological polar surface area (TPSA) is 52.9 Å². The van der Waals surface area contributed by atoms with E-state index in [-0.39, 0.29) is 17.5 Å². The molecule has 1 unspecified atom stereocenters. The Kier molecular flexibility index (Phi) is 6.40. The number of hydrogen-bond donors (Lipinski definition) is 0. The first-order valence-electron chi connectivity index (χ1n) is 11.6. The summed E-state index contributed by atoms with van der Waals surface area (Å²) in [4.78, 5) is 15.1. The highest BCUT2D eigenvalue weighted by molar-refractivity contribution is 6.80. The molecule has 1 aromatic heterocycles. The van der Waals surface area contributed by atoms with E-state index in [1.807, 2.05) is 44.7 Å². The van der Waals surface area contributed by atoms with Gasteiger partial charge >= 0.3 is 7.12 Å². The van der Waals surface area contributed by atoms with Crippen molar-refractivity contribution in [3.8, 4) is 0 Å². The lowest BCUT2D eigenvalue weighted by molar-refractivity contribution is 0.00578. The maximum Gasteiger partial charge on any atom is 0.558 e. The van der Waals surface area contributed by atoms with Crippen molar-refractivity contribution in [2.45, 2.75) is 70.6 Å². The SMILES string of the molecule is COCCCn1c(C2CCCN(C(=O)B3OC(C)(C)C(C)(C)O3)C2)cc2c(F)cccc21. The Bertz CT molecular complexity index is 974. The number of fused-ring (bicyclic) bond motifs is 1. The monoisotopic (exact) mass is 444 g/mol. The average Bonchev–Trinajstić information content (AvgIpc) is 3.22. The van der Waals surface area contributed by atoms with Crippen molar-refractivity contribution in [3.05, 3.63) is 35.8 Å². The number of piperidine rings is 1. The number of aromatic nitrogens is 1. The van der Waals surface area contributed by atoms with Crippen LogP contribution in [0.25, 0.3) is 10.9 Å². The van der Waals surface area contributed by atoms with Crippen molar-refractivity contribution < 1.29 is 23.2 Å². The van der Waals surface area contributed by atoms with Gasteiger partial charge in [-0.25, -0.2) is 4.39 Å². The summed E-state index contributed by atoms with van der Waals surface area (Å²) in [5.74, 6) is -0.207. The van der Waals surface area contributed by atoms with E-state index in [9.17, 15) is 9.18 Å². The van der Waals surface area contributed by atoms with E-state index >= 15 is 0 Å². The zero-order chi connectivity index (χ0) is 23.1. The van der Waals surface area contributed by atoms with Crippen LogP contribution in [-0.2, 0) is 20.6 Å². The number of likely N-dealkylation sites (tertiary alicyclic amines) is 1. The number of amides is 1. The van der Waals surface area contributed by atoms with E-state index in [0.29, 0.717) is 25.1 Å². The van der Waals surface area contributed by atoms with Crippen molar-refractivity contribution in [1.82, 2.24) is 9.47 Å². The molecule has 4 rings (SSSR count). The summed E-state index contributed by atoms with van der Waals surface area (Å²) < 4.78 is 34.0. The molecule has 2 aliphatic rings. The van der Waals surface area contributed by atoms with Gasteiger partial charge in [-0.15, -0.1) is 0 Å². The summed E-state index contributed by atoms with van der Waals surface area (Å²) >= 11 is 0. The molecular formula is C24H34BFN2O4. The first-order valence-corrected chi connectivity index (χ1v) is 11.6. The summed E-state index contributed by atoms with van der Waals surface area (Å²) in [5.41, 5.74) is 0.875. The van der Waals surface area contributed by atoms with Crippen LogP contribution in [0.2, 0.25) is 0 Å². The number of ether oxygens (including phenoxy) is 1. The van der Waals surface area contributed by atoms with Gasteiger partial charge in [-0.3, -0.25) is 4.79 Å². The highest BCUT2D eigenvalue weighted by atomic mass is 19.1. The molecule has 0 aliphatic carbocycles. The number of carbonyl (C=O) groups excluding carboxylic acids is 1. The van der Waals surface area contributed by atoms with Crippen molar-refractivity contribution in [1.29, 1.82) is 0 Å². The van der Waals surface area contributed by atoms with Crippen LogP contribution in [0.5, 0.6) is 0 Å². The Labute approximate surface area is 190 Å². The smallest absolute Gasteiger partial charge is 0.396 e. The van der Waals surface area contributed by atoms with Gasteiger partial charge in [-0.05, 0) is 65.2 Å². The van der Waals surface area contributed by atoms with E-state index in [1.54, 1.807) is 13.2 Å². The van der Waals surface area contributed by atoms with Gasteiger partial charge in [0.1, 0.15) is 5.82 Å². The van der Waals surface area contributed by atoms with Crippen LogP contribution in [0.3, 0.4) is 0 Å². The average molecular weight is 444 g/mol. The van der Waals surface area contributed by atoms with E-state index in [2.05, 4.69) is 4.57 Å². The fraction of sp³-hybridized carbons (Fsp3) is 0.625. The fourth-order valence-corrected chi connectivity index (χ4v) is 4.74. The third kappa shape index (κ3) is 4.20. The molecule has 1 aromatic carbocycles. The molecule has 8 heteroatoms. The van der Waals surface area contributed by atoms with Gasteiger partial charge in [0.2, 0.25) is 0 Å². The summed E-state index contributed by atoms with van der Waals surface area (Å²) in [6.45, 7) is 10.4. The zero-order valence-corrected chi connectivity index (χ0v) is 19.8. The molecule has 2 aromatic rings. The second-order valence-corrected chi connectivity index (χ2v) is 9.95. The molecule has 0 bridgehead atoms. The molecular weight excluding hydrogens is 410 g/mol. The maximum atomic E-state index is 14.6. The number of hydrogen-bond acceptors (Lipinski definition) is 4. The number of carbonyl (C=O) groups is 1. The first-order chi connectivity index (χ1) is 15.1. The number of methoxy groups -OCH3 is 1. The Morgan fingerprint density at radius 3 is 2.66 bits per heavy atom. The third-order valence-electron chi connectivity index (χ3n) is 7.26. The molecule has 174 valence electrons. The largest absolute Gasteiger partial charge is 0.558 e. The highest BCUT2D eigenvalue weighted by Crippen LogP contribution is 2.38. The molecule has 2 aliphatic heterocycles. The molecule has 6 nitrogen and oxygen atoms in total. The van der Waals surface area contributed by atoms with Crippen LogP contribution >= 0.6 is 0 Å². The second kappa shape index (κ2) is 8.80. The Morgan fingerprint density at radius 2 is 1.97 bits per heavy atom. The number of halogens is 1. The van der Waals surface area contributed by atoms with Gasteiger partial charge in [0.15, 0.2) is 0 Å². The molecule has 2 fully saturated rings. The zero-order valence-electron chi connectivity index (χ0n) is 19.8. The van der Waals surface area contributed by atoms with Gasteiger partial charge in [0.25, 0.3) is 5.81 Å². The molecule has 2 saturated heterocycles. The molecule has 0 radical (unpaired) electrons. The quantitative estimate of drug-likeness (QED) is 0.475. The molecule has 1 atom stereocenters. The maximum absolute atomic E-state index is 14.6. The molecule has 32 heavy (non-hydrogen) atoms. The molecule has 0 spiro atoms. The lowest BCUT2D eigenvalue weighted by Crippen LogP contribution is -2.47. The molecule has 0 N–H and O–H groups in total. The lowest BCUT2D eigenvalue weighted by Gasteiger charge is -2.34. The summed E-state index contributed by atoms with van der Waals surface area (Å²) in [6.07, 6.45) is 2.68. The van der Waals surface area contributed by atoms with E-state index < -0.39 is 18.3 Å². The fourth-order valence-electron chi connectivity index (χ4n) is 4.74. The Hall–Kier alpha value is -1.90. The van der Waals surface area contributed by atoms with E-state index in [4.69, 9.17) is 14.0 Å². The van der Waals surface area contributed by atoms with Crippen LogP contribution < -0.4 is 0 Å². The normalized spacial score (nSPS) is 22.6. The molecule has 3 heterocycles. The van der Waals surface area contributed by atoms with Gasteiger partial charge in [0.05, 0.1) is 16.7 Å². The summed E-state index contributed by atoms with van der Waals surface area (Å²) in [7, 11) is 0.804. The van der Waals surface area contributed by atoms with Crippen LogP contribution in [-0.4, -0.2) is 60.4 Å². The Morgan fingerprint density at radius 1 is 1.25 bits per heavy atom. The summed E-state index contributed by atoms with van der Waals surface area (Å²) in [5, 5.41) is 0.634. The lowest BCUT2D eigenvalue weighted by atomic mass is 9.85. The minimum absolute atomic E-state index is 0.124. The van der Waals surface area contributed by atoms with Crippen LogP contribution in [0.15, 0.2) is 24.3 Å². The highest BCUT2D eigenvalue weighted by Gasteiger charge is 2.55. The number of nitrogens with zero attached hydrogens (tertiary/aromatic N) is 2. The van der Waals surface area contributed by atoms with Gasteiger partial charge in [-0.2, -0.15) is 0 Å². The van der Waals surface area contributed by atoms with Gasteiger partial charge in [0, 0.05) is 50.3 Å². The second-order valence-electron chi connectivity index (χ2n) is 9.95. The third-order valence-corrected chi connectivity index (χ3v) is 7.26. The van der Waals surface area contributed by atoms with E-state index in [1.165, 1.54) is 6.07 Å². The van der Waals surface area contributed by atoms with Crippen molar-refractivity contribution >= 4 is 23.8 Å². The standard InChI is InChI=1S/C24H34BFN2O4/c1-23(2)24(3,4)32-25(31-23)22(29)27-12-7-9-17(16-27)21-15-18-19(26)10-6-11-20(18)28(21)13-8-14-30-5/h6,10-11,15,17H,7-9,12-14,16H2,1-5H3. The minimum atomic E-state index is -0.885. The number of benzene rings is 1. The van der Waals surface area contributed by atoms with Gasteiger partial charge < -0.3 is 23.5 Å². The first kappa shape index (κ1) is 23.3. The van der Waals surface area contributed by atoms with E-state index in [0.717, 1.165) is 37.0 Å². The minimum Gasteiger partial charge on any atom is -0.396 e.